The van der Waals surface area contributed by atoms with E-state index in [1.165, 1.54) is 0 Å². The summed E-state index contributed by atoms with van der Waals surface area (Å²) in [6, 6.07) is -1.05. The fraction of sp³-hybridized carbons (Fsp3) is 0.636. The van der Waals surface area contributed by atoms with E-state index < -0.39 is 17.6 Å². The van der Waals surface area contributed by atoms with Crippen molar-refractivity contribution in [2.45, 2.75) is 45.3 Å². The standard InChI is InChI=1S/C11H17NO4/c1-5-6-7-9(10(14)15)12(8-13)16-11(2,3)4/h1,8-9H,6-7H2,2-4H3,(H,14,15). The van der Waals surface area contributed by atoms with Gasteiger partial charge in [-0.25, -0.2) is 9.86 Å². The molecule has 1 N–H and O–H groups in total. The van der Waals surface area contributed by atoms with Crippen molar-refractivity contribution in [1.29, 1.82) is 0 Å². The molecule has 0 aliphatic carbocycles. The van der Waals surface area contributed by atoms with E-state index in [4.69, 9.17) is 16.4 Å². The number of amides is 1. The lowest BCUT2D eigenvalue weighted by atomic mass is 10.1. The summed E-state index contributed by atoms with van der Waals surface area (Å²) in [5.74, 6) is 1.20. The summed E-state index contributed by atoms with van der Waals surface area (Å²) in [5, 5.41) is 9.75. The molecular weight excluding hydrogens is 210 g/mol. The largest absolute Gasteiger partial charge is 0.480 e. The maximum Gasteiger partial charge on any atom is 0.329 e. The Hall–Kier alpha value is -1.54. The van der Waals surface area contributed by atoms with E-state index in [1.807, 2.05) is 0 Å². The molecular formula is C11H17NO4. The van der Waals surface area contributed by atoms with Crippen LogP contribution in [-0.4, -0.2) is 34.2 Å². The molecule has 0 radical (unpaired) electrons. The highest BCUT2D eigenvalue weighted by molar-refractivity contribution is 5.75. The number of carbonyl (C=O) groups excluding carboxylic acids is 1. The molecule has 0 aliphatic heterocycles. The van der Waals surface area contributed by atoms with Gasteiger partial charge < -0.3 is 5.11 Å². The highest BCUT2D eigenvalue weighted by atomic mass is 16.7. The summed E-state index contributed by atoms with van der Waals surface area (Å²) < 4.78 is 0. The lowest BCUT2D eigenvalue weighted by Crippen LogP contribution is -2.44. The molecule has 0 aromatic heterocycles. The number of hydrogen-bond donors (Lipinski definition) is 1. The minimum absolute atomic E-state index is 0.167. The van der Waals surface area contributed by atoms with E-state index in [0.29, 0.717) is 6.41 Å². The molecule has 0 aromatic rings. The molecule has 1 unspecified atom stereocenters. The molecule has 90 valence electrons. The monoisotopic (exact) mass is 227 g/mol. The predicted molar refractivity (Wildman–Crippen MR) is 58.2 cm³/mol. The van der Waals surface area contributed by atoms with Gasteiger partial charge in [-0.05, 0) is 27.2 Å². The van der Waals surface area contributed by atoms with Crippen molar-refractivity contribution in [2.75, 3.05) is 0 Å². The Morgan fingerprint density at radius 1 is 1.62 bits per heavy atom. The normalized spacial score (nSPS) is 12.6. The molecule has 16 heavy (non-hydrogen) atoms. The van der Waals surface area contributed by atoms with Crippen LogP contribution in [0.5, 0.6) is 0 Å². The highest BCUT2D eigenvalue weighted by Gasteiger charge is 2.28. The van der Waals surface area contributed by atoms with Crippen LogP contribution in [0.2, 0.25) is 0 Å². The summed E-state index contributed by atoms with van der Waals surface area (Å²) in [5.41, 5.74) is -0.634. The summed E-state index contributed by atoms with van der Waals surface area (Å²) >= 11 is 0. The first-order valence-electron chi connectivity index (χ1n) is 4.91. The van der Waals surface area contributed by atoms with Gasteiger partial charge in [0.05, 0.1) is 5.60 Å². The number of carbonyl (C=O) groups is 2. The van der Waals surface area contributed by atoms with E-state index in [-0.39, 0.29) is 12.8 Å². The zero-order valence-electron chi connectivity index (χ0n) is 9.77. The number of hydrogen-bond acceptors (Lipinski definition) is 3. The summed E-state index contributed by atoms with van der Waals surface area (Å²) in [7, 11) is 0. The minimum Gasteiger partial charge on any atom is -0.480 e. The molecule has 0 saturated carbocycles. The maximum absolute atomic E-state index is 10.9. The van der Waals surface area contributed by atoms with Gasteiger partial charge in [-0.2, -0.15) is 0 Å². The van der Waals surface area contributed by atoms with Gasteiger partial charge in [0.25, 0.3) is 0 Å². The second kappa shape index (κ2) is 6.13. The van der Waals surface area contributed by atoms with Crippen molar-refractivity contribution in [1.82, 2.24) is 5.06 Å². The van der Waals surface area contributed by atoms with E-state index in [2.05, 4.69) is 5.92 Å². The summed E-state index contributed by atoms with van der Waals surface area (Å²) in [4.78, 5) is 26.9. The van der Waals surface area contributed by atoms with Gasteiger partial charge >= 0.3 is 5.97 Å². The van der Waals surface area contributed by atoms with Crippen molar-refractivity contribution in [3.05, 3.63) is 0 Å². The first kappa shape index (κ1) is 14.5. The van der Waals surface area contributed by atoms with Crippen LogP contribution in [0.25, 0.3) is 0 Å². The zero-order valence-corrected chi connectivity index (χ0v) is 9.77. The van der Waals surface area contributed by atoms with Gasteiger partial charge in [-0.15, -0.1) is 12.3 Å². The SMILES string of the molecule is C#CCCC(C(=O)O)N(C=O)OC(C)(C)C. The molecule has 0 rings (SSSR count). The number of carboxylic acids is 1. The first-order valence-corrected chi connectivity index (χ1v) is 4.91. The van der Waals surface area contributed by atoms with E-state index in [1.54, 1.807) is 20.8 Å². The zero-order chi connectivity index (χ0) is 12.8. The fourth-order valence-corrected chi connectivity index (χ4v) is 1.05. The van der Waals surface area contributed by atoms with Crippen LogP contribution in [-0.2, 0) is 14.4 Å². The number of carboxylic acid groups (broad SMARTS) is 1. The lowest BCUT2D eigenvalue weighted by molar-refractivity contribution is -0.235. The highest BCUT2D eigenvalue weighted by Crippen LogP contribution is 2.14. The van der Waals surface area contributed by atoms with Crippen LogP contribution in [0.3, 0.4) is 0 Å². The van der Waals surface area contributed by atoms with Gasteiger partial charge in [0.2, 0.25) is 6.41 Å². The molecule has 0 bridgehead atoms. The van der Waals surface area contributed by atoms with E-state index >= 15 is 0 Å². The van der Waals surface area contributed by atoms with Crippen LogP contribution in [0.1, 0.15) is 33.6 Å². The smallest absolute Gasteiger partial charge is 0.329 e. The summed E-state index contributed by atoms with van der Waals surface area (Å²) in [6.07, 6.45) is 5.86. The number of nitrogens with zero attached hydrogens (tertiary/aromatic N) is 1. The quantitative estimate of drug-likeness (QED) is 0.418. The number of rotatable bonds is 6. The molecule has 0 saturated heterocycles. The maximum atomic E-state index is 10.9. The minimum atomic E-state index is -1.13. The van der Waals surface area contributed by atoms with Gasteiger partial charge in [-0.1, -0.05) is 0 Å². The van der Waals surface area contributed by atoms with Crippen LogP contribution in [0, 0.1) is 12.3 Å². The third-order valence-electron chi connectivity index (χ3n) is 1.64. The predicted octanol–water partition coefficient (Wildman–Crippen LogP) is 1.04. The summed E-state index contributed by atoms with van der Waals surface area (Å²) in [6.45, 7) is 5.18. The number of aliphatic carboxylic acids is 1. The van der Waals surface area contributed by atoms with Crippen LogP contribution in [0.15, 0.2) is 0 Å². The Balaban J connectivity index is 4.66. The Labute approximate surface area is 95.3 Å². The van der Waals surface area contributed by atoms with Gasteiger partial charge in [0, 0.05) is 6.42 Å². The van der Waals surface area contributed by atoms with Gasteiger partial charge in [0.1, 0.15) is 0 Å². The third kappa shape index (κ3) is 5.37. The van der Waals surface area contributed by atoms with Crippen molar-refractivity contribution in [3.63, 3.8) is 0 Å². The Morgan fingerprint density at radius 3 is 2.50 bits per heavy atom. The van der Waals surface area contributed by atoms with E-state index in [9.17, 15) is 9.59 Å². The molecule has 0 aromatic carbocycles. The molecule has 0 heterocycles. The van der Waals surface area contributed by atoms with Crippen molar-refractivity contribution < 1.29 is 19.5 Å². The molecule has 0 fully saturated rings. The molecule has 0 spiro atoms. The number of hydroxylamine groups is 2. The Bertz CT molecular complexity index is 287. The molecule has 0 aliphatic rings. The van der Waals surface area contributed by atoms with Crippen molar-refractivity contribution in [3.8, 4) is 12.3 Å². The van der Waals surface area contributed by atoms with E-state index in [0.717, 1.165) is 5.06 Å². The first-order chi connectivity index (χ1) is 7.31. The molecule has 1 atom stereocenters. The Morgan fingerprint density at radius 2 is 2.19 bits per heavy atom. The average molecular weight is 227 g/mol. The second-order valence-electron chi connectivity index (χ2n) is 4.27. The topological polar surface area (TPSA) is 66.8 Å². The molecule has 5 nitrogen and oxygen atoms in total. The molecule has 5 heteroatoms. The third-order valence-corrected chi connectivity index (χ3v) is 1.64. The second-order valence-corrected chi connectivity index (χ2v) is 4.27. The van der Waals surface area contributed by atoms with Crippen molar-refractivity contribution >= 4 is 12.4 Å². The van der Waals surface area contributed by atoms with Crippen molar-refractivity contribution in [2.24, 2.45) is 0 Å². The van der Waals surface area contributed by atoms with Crippen LogP contribution >= 0.6 is 0 Å². The number of terminal acetylenes is 1. The fourth-order valence-electron chi connectivity index (χ4n) is 1.05. The Kier molecular flexibility index (Phi) is 5.54. The lowest BCUT2D eigenvalue weighted by Gasteiger charge is -2.30. The average Bonchev–Trinajstić information content (AvgIpc) is 2.14. The van der Waals surface area contributed by atoms with Gasteiger partial charge in [-0.3, -0.25) is 9.63 Å². The van der Waals surface area contributed by atoms with Gasteiger partial charge in [0.15, 0.2) is 6.04 Å². The molecule has 1 amide bonds. The van der Waals surface area contributed by atoms with Crippen LogP contribution < -0.4 is 0 Å². The van der Waals surface area contributed by atoms with Crippen LogP contribution in [0.4, 0.5) is 0 Å².